The molecule has 1 saturated heterocycles. The molecule has 1 aliphatic rings. The number of carbonyl (C=O) groups excluding carboxylic acids is 1. The van der Waals surface area contributed by atoms with E-state index in [1.165, 1.54) is 0 Å². The van der Waals surface area contributed by atoms with Crippen LogP contribution in [0.25, 0.3) is 0 Å². The zero-order chi connectivity index (χ0) is 20.3. The number of likely N-dealkylation sites (tertiary alicyclic amines) is 1. The molecule has 1 fully saturated rings. The molecule has 0 bridgehead atoms. The summed E-state index contributed by atoms with van der Waals surface area (Å²) >= 11 is 0. The van der Waals surface area contributed by atoms with Gasteiger partial charge in [0.25, 0.3) is 5.91 Å². The Morgan fingerprint density at radius 1 is 1.07 bits per heavy atom. The molecule has 0 saturated carbocycles. The minimum atomic E-state index is -0.0222. The van der Waals surface area contributed by atoms with Gasteiger partial charge in [0, 0.05) is 42.9 Å². The number of hydrogen-bond donors (Lipinski definition) is 4. The number of phenols is 1. The molecule has 0 spiro atoms. The summed E-state index contributed by atoms with van der Waals surface area (Å²) in [6, 6.07) is 8.96. The van der Waals surface area contributed by atoms with Crippen LogP contribution in [0.5, 0.6) is 5.75 Å². The maximum Gasteiger partial charge on any atom is 0.254 e. The third kappa shape index (κ3) is 5.88. The lowest BCUT2D eigenvalue weighted by molar-refractivity contribution is 0.0792. The van der Waals surface area contributed by atoms with Crippen LogP contribution >= 0.6 is 24.8 Å². The highest BCUT2D eigenvalue weighted by Crippen LogP contribution is 2.21. The number of phenolic OH excluding ortho intramolecular Hbond substituents is 1. The highest BCUT2D eigenvalue weighted by Gasteiger charge is 2.21. The summed E-state index contributed by atoms with van der Waals surface area (Å²) in [4.78, 5) is 14.6. The summed E-state index contributed by atoms with van der Waals surface area (Å²) in [6.45, 7) is 6.78. The number of nitrogens with one attached hydrogen (secondary N) is 2. The van der Waals surface area contributed by atoms with Crippen molar-refractivity contribution in [2.24, 2.45) is 5.73 Å². The number of nitrogens with zero attached hydrogens (tertiary/aromatic N) is 1. The standard InChI is InChI=1S/C22H28N4O2.2ClH/c1-14-10-19(22(28)26-7-3-4-8-26)15(2)9-17(14)12-25-13-18-11-16(21(23)24)5-6-20(18)27;;/h5-6,9-11,25,27H,3-4,7-8,12-13H2,1-2H3,(H3,23,24);2*1H. The molecule has 1 aliphatic heterocycles. The van der Waals surface area contributed by atoms with E-state index in [2.05, 4.69) is 11.4 Å². The van der Waals surface area contributed by atoms with Crippen molar-refractivity contribution in [3.63, 3.8) is 0 Å². The van der Waals surface area contributed by atoms with Gasteiger partial charge in [-0.1, -0.05) is 6.07 Å². The molecule has 0 aliphatic carbocycles. The Labute approximate surface area is 190 Å². The minimum absolute atomic E-state index is 0. The van der Waals surface area contributed by atoms with Gasteiger partial charge in [-0.05, 0) is 67.6 Å². The molecule has 1 heterocycles. The number of aromatic hydroxyl groups is 1. The summed E-state index contributed by atoms with van der Waals surface area (Å²) in [5.74, 6) is 0.284. The third-order valence-electron chi connectivity index (χ3n) is 5.33. The number of halogens is 2. The molecule has 6 nitrogen and oxygen atoms in total. The van der Waals surface area contributed by atoms with Crippen molar-refractivity contribution >= 4 is 36.6 Å². The van der Waals surface area contributed by atoms with Crippen molar-refractivity contribution in [3.8, 4) is 5.75 Å². The van der Waals surface area contributed by atoms with E-state index in [4.69, 9.17) is 11.1 Å². The van der Waals surface area contributed by atoms with Gasteiger partial charge < -0.3 is 21.1 Å². The van der Waals surface area contributed by atoms with Crippen molar-refractivity contribution in [2.75, 3.05) is 13.1 Å². The highest BCUT2D eigenvalue weighted by molar-refractivity contribution is 5.96. The van der Waals surface area contributed by atoms with Gasteiger partial charge in [0.15, 0.2) is 0 Å². The molecule has 3 rings (SSSR count). The Hall–Kier alpha value is -2.28. The molecule has 0 aromatic heterocycles. The van der Waals surface area contributed by atoms with E-state index in [0.717, 1.165) is 48.2 Å². The number of nitrogen functional groups attached to an aromatic ring is 1. The average Bonchev–Trinajstić information content (AvgIpc) is 3.19. The molecule has 1 amide bonds. The first-order valence-electron chi connectivity index (χ1n) is 9.63. The van der Waals surface area contributed by atoms with E-state index in [-0.39, 0.29) is 42.3 Å². The van der Waals surface area contributed by atoms with Crippen LogP contribution in [-0.2, 0) is 13.1 Å². The quantitative estimate of drug-likeness (QED) is 0.396. The summed E-state index contributed by atoms with van der Waals surface area (Å²) in [7, 11) is 0. The van der Waals surface area contributed by atoms with E-state index in [1.807, 2.05) is 24.8 Å². The number of benzene rings is 2. The van der Waals surface area contributed by atoms with Gasteiger partial charge in [-0.15, -0.1) is 24.8 Å². The van der Waals surface area contributed by atoms with Gasteiger partial charge in [0.1, 0.15) is 11.6 Å². The molecular formula is C22H30Cl2N4O2. The number of aryl methyl sites for hydroxylation is 2. The van der Waals surface area contributed by atoms with Crippen LogP contribution in [0.3, 0.4) is 0 Å². The maximum absolute atomic E-state index is 12.7. The van der Waals surface area contributed by atoms with Crippen LogP contribution < -0.4 is 11.1 Å². The molecule has 0 radical (unpaired) electrons. The van der Waals surface area contributed by atoms with Gasteiger partial charge in [-0.2, -0.15) is 0 Å². The van der Waals surface area contributed by atoms with Crippen LogP contribution in [0, 0.1) is 19.3 Å². The second-order valence-corrected chi connectivity index (χ2v) is 7.45. The molecular weight excluding hydrogens is 423 g/mol. The Bertz CT molecular complexity index is 912. The third-order valence-corrected chi connectivity index (χ3v) is 5.33. The lowest BCUT2D eigenvalue weighted by atomic mass is 9.99. The Kier molecular flexibility index (Phi) is 9.62. The van der Waals surface area contributed by atoms with E-state index >= 15 is 0 Å². The highest BCUT2D eigenvalue weighted by atomic mass is 35.5. The van der Waals surface area contributed by atoms with Crippen LogP contribution in [0.1, 0.15) is 51.0 Å². The number of amides is 1. The normalized spacial score (nSPS) is 12.8. The lowest BCUT2D eigenvalue weighted by Crippen LogP contribution is -2.28. The van der Waals surface area contributed by atoms with Crippen LogP contribution in [-0.4, -0.2) is 34.8 Å². The number of amidine groups is 1. The first-order chi connectivity index (χ1) is 13.4. The van der Waals surface area contributed by atoms with Crippen molar-refractivity contribution in [1.29, 1.82) is 5.41 Å². The Morgan fingerprint density at radius 3 is 2.33 bits per heavy atom. The molecule has 0 atom stereocenters. The molecule has 30 heavy (non-hydrogen) atoms. The van der Waals surface area contributed by atoms with Gasteiger partial charge in [-0.25, -0.2) is 0 Å². The van der Waals surface area contributed by atoms with Gasteiger partial charge in [0.05, 0.1) is 0 Å². The van der Waals surface area contributed by atoms with Crippen molar-refractivity contribution in [1.82, 2.24) is 10.2 Å². The van der Waals surface area contributed by atoms with E-state index in [0.29, 0.717) is 24.2 Å². The van der Waals surface area contributed by atoms with Crippen LogP contribution in [0.15, 0.2) is 30.3 Å². The fourth-order valence-corrected chi connectivity index (χ4v) is 3.61. The van der Waals surface area contributed by atoms with E-state index in [9.17, 15) is 9.90 Å². The zero-order valence-electron chi connectivity index (χ0n) is 17.3. The fraction of sp³-hybridized carbons (Fsp3) is 0.364. The largest absolute Gasteiger partial charge is 0.508 e. The molecule has 5 N–H and O–H groups in total. The van der Waals surface area contributed by atoms with Crippen molar-refractivity contribution < 1.29 is 9.90 Å². The molecule has 8 heteroatoms. The molecule has 2 aromatic rings. The maximum atomic E-state index is 12.7. The van der Waals surface area contributed by atoms with Gasteiger partial charge in [0.2, 0.25) is 0 Å². The van der Waals surface area contributed by atoms with Crippen LogP contribution in [0.2, 0.25) is 0 Å². The van der Waals surface area contributed by atoms with E-state index in [1.54, 1.807) is 18.2 Å². The fourth-order valence-electron chi connectivity index (χ4n) is 3.61. The zero-order valence-corrected chi connectivity index (χ0v) is 19.0. The lowest BCUT2D eigenvalue weighted by Gasteiger charge is -2.18. The van der Waals surface area contributed by atoms with Crippen molar-refractivity contribution in [3.05, 3.63) is 63.7 Å². The SMILES string of the molecule is Cc1cc(C(=O)N2CCCC2)c(C)cc1CNCc1cc(C(=N)N)ccc1O.Cl.Cl. The summed E-state index contributed by atoms with van der Waals surface area (Å²) in [5, 5.41) is 20.9. The Balaban J connectivity index is 0.00000225. The average molecular weight is 453 g/mol. The Morgan fingerprint density at radius 2 is 1.70 bits per heavy atom. The molecule has 2 aromatic carbocycles. The van der Waals surface area contributed by atoms with Crippen molar-refractivity contribution in [2.45, 2.75) is 39.8 Å². The molecule has 0 unspecified atom stereocenters. The first kappa shape index (κ1) is 25.8. The monoisotopic (exact) mass is 452 g/mol. The predicted octanol–water partition coefficient (Wildman–Crippen LogP) is 3.66. The summed E-state index contributed by atoms with van der Waals surface area (Å²) in [5.41, 5.74) is 10.8. The topological polar surface area (TPSA) is 102 Å². The summed E-state index contributed by atoms with van der Waals surface area (Å²) < 4.78 is 0. The smallest absolute Gasteiger partial charge is 0.254 e. The second-order valence-electron chi connectivity index (χ2n) is 7.45. The number of nitrogens with two attached hydrogens (primary N) is 1. The minimum Gasteiger partial charge on any atom is -0.508 e. The second kappa shape index (κ2) is 11.2. The van der Waals surface area contributed by atoms with Gasteiger partial charge in [-0.3, -0.25) is 10.2 Å². The summed E-state index contributed by atoms with van der Waals surface area (Å²) in [6.07, 6.45) is 2.17. The number of rotatable bonds is 6. The van der Waals surface area contributed by atoms with Gasteiger partial charge >= 0.3 is 0 Å². The number of carbonyl (C=O) groups is 1. The number of hydrogen-bond acceptors (Lipinski definition) is 4. The van der Waals surface area contributed by atoms with E-state index < -0.39 is 0 Å². The van der Waals surface area contributed by atoms with Crippen LogP contribution in [0.4, 0.5) is 0 Å². The predicted molar refractivity (Wildman–Crippen MR) is 125 cm³/mol. The molecule has 164 valence electrons. The first-order valence-corrected chi connectivity index (χ1v) is 9.63.